The monoisotopic (exact) mass is 346 g/mol. The Balaban J connectivity index is 0.00000242. The van der Waals surface area contributed by atoms with Crippen molar-refractivity contribution in [1.82, 2.24) is 5.32 Å². The summed E-state index contributed by atoms with van der Waals surface area (Å²) in [6.45, 7) is 1.23. The minimum absolute atomic E-state index is 0. The van der Waals surface area contributed by atoms with E-state index in [1.54, 1.807) is 23.9 Å². The zero-order valence-electron chi connectivity index (χ0n) is 12.6. The molecule has 0 saturated heterocycles. The predicted molar refractivity (Wildman–Crippen MR) is 92.7 cm³/mol. The minimum Gasteiger partial charge on any atom is -0.355 e. The Morgan fingerprint density at radius 1 is 1.36 bits per heavy atom. The third kappa shape index (κ3) is 5.45. The smallest absolute Gasteiger partial charge is 0.223 e. The first-order valence-corrected chi connectivity index (χ1v) is 8.66. The summed E-state index contributed by atoms with van der Waals surface area (Å²) in [5.41, 5.74) is 6.41. The highest BCUT2D eigenvalue weighted by Crippen LogP contribution is 2.30. The quantitative estimate of drug-likeness (QED) is 0.746. The summed E-state index contributed by atoms with van der Waals surface area (Å²) in [5, 5.41) is 2.98. The fourth-order valence-electron chi connectivity index (χ4n) is 2.84. The molecule has 0 spiro atoms. The third-order valence-electron chi connectivity index (χ3n) is 4.06. The second-order valence-electron chi connectivity index (χ2n) is 5.47. The number of nitrogens with one attached hydrogen (secondary N) is 1. The molecular weight excluding hydrogens is 323 g/mol. The Kier molecular flexibility index (Phi) is 8.83. The zero-order chi connectivity index (χ0) is 15.1. The number of carbonyl (C=O) groups is 1. The first-order valence-electron chi connectivity index (χ1n) is 7.51. The summed E-state index contributed by atoms with van der Waals surface area (Å²) in [7, 11) is 0. The van der Waals surface area contributed by atoms with Crippen molar-refractivity contribution >= 4 is 30.1 Å². The Morgan fingerprint density at radius 3 is 2.86 bits per heavy atom. The molecule has 124 valence electrons. The van der Waals surface area contributed by atoms with E-state index in [0.717, 1.165) is 25.0 Å². The first kappa shape index (κ1) is 19.3. The Labute approximate surface area is 142 Å². The van der Waals surface area contributed by atoms with Gasteiger partial charge in [-0.1, -0.05) is 24.6 Å². The Bertz CT molecular complexity index is 475. The van der Waals surface area contributed by atoms with Crippen LogP contribution in [0.15, 0.2) is 24.3 Å². The number of rotatable bonds is 7. The van der Waals surface area contributed by atoms with Crippen molar-refractivity contribution < 1.29 is 9.18 Å². The van der Waals surface area contributed by atoms with Crippen LogP contribution in [0, 0.1) is 17.7 Å². The molecule has 1 amide bonds. The van der Waals surface area contributed by atoms with Crippen LogP contribution in [0.25, 0.3) is 0 Å². The maximum Gasteiger partial charge on any atom is 0.223 e. The van der Waals surface area contributed by atoms with E-state index in [1.165, 1.54) is 6.07 Å². The predicted octanol–water partition coefficient (Wildman–Crippen LogP) is 2.97. The number of hydrogen-bond acceptors (Lipinski definition) is 3. The fraction of sp³-hybridized carbons (Fsp3) is 0.562. The van der Waals surface area contributed by atoms with Crippen LogP contribution in [0.4, 0.5) is 4.39 Å². The molecule has 1 aromatic carbocycles. The van der Waals surface area contributed by atoms with Gasteiger partial charge in [-0.25, -0.2) is 4.39 Å². The molecule has 3 nitrogen and oxygen atoms in total. The highest BCUT2D eigenvalue weighted by atomic mass is 35.5. The molecule has 2 atom stereocenters. The van der Waals surface area contributed by atoms with E-state index in [4.69, 9.17) is 5.73 Å². The van der Waals surface area contributed by atoms with Crippen LogP contribution in [-0.4, -0.2) is 24.7 Å². The molecule has 22 heavy (non-hydrogen) atoms. The van der Waals surface area contributed by atoms with Crippen LogP contribution < -0.4 is 11.1 Å². The molecule has 0 radical (unpaired) electrons. The molecule has 6 heteroatoms. The summed E-state index contributed by atoms with van der Waals surface area (Å²) in [6, 6.07) is 6.81. The fourth-order valence-corrected chi connectivity index (χ4v) is 3.68. The largest absolute Gasteiger partial charge is 0.355 e. The normalized spacial score (nSPS) is 20.5. The molecule has 1 fully saturated rings. The molecule has 0 bridgehead atoms. The second kappa shape index (κ2) is 10.1. The molecule has 2 rings (SSSR count). The van der Waals surface area contributed by atoms with E-state index in [-0.39, 0.29) is 30.0 Å². The van der Waals surface area contributed by atoms with Crippen molar-refractivity contribution in [3.05, 3.63) is 35.6 Å². The molecule has 1 aliphatic carbocycles. The molecular formula is C16H24ClFN2OS. The molecule has 1 aliphatic rings. The van der Waals surface area contributed by atoms with Gasteiger partial charge in [0.2, 0.25) is 5.91 Å². The average molecular weight is 347 g/mol. The standard InChI is InChI=1S/C16H23FN2OS.ClH/c17-15-7-2-1-4-13(15)11-21-9-8-19-16(20)14-6-3-5-12(14)10-18;/h1-2,4,7,12,14H,3,5-6,8-11,18H2,(H,19,20);1H/t12-,14-;/m1./s1. The SMILES string of the molecule is Cl.NC[C@H]1CCC[C@H]1C(=O)NCCSCc1ccccc1F. The highest BCUT2D eigenvalue weighted by molar-refractivity contribution is 7.98. The molecule has 0 aromatic heterocycles. The van der Waals surface area contributed by atoms with Crippen LogP contribution in [0.1, 0.15) is 24.8 Å². The van der Waals surface area contributed by atoms with Crippen molar-refractivity contribution in [2.75, 3.05) is 18.8 Å². The number of hydrogen-bond donors (Lipinski definition) is 2. The van der Waals surface area contributed by atoms with Crippen molar-refractivity contribution in [2.24, 2.45) is 17.6 Å². The van der Waals surface area contributed by atoms with Gasteiger partial charge in [-0.2, -0.15) is 11.8 Å². The van der Waals surface area contributed by atoms with Crippen molar-refractivity contribution in [3.63, 3.8) is 0 Å². The van der Waals surface area contributed by atoms with Gasteiger partial charge in [0, 0.05) is 24.0 Å². The van der Waals surface area contributed by atoms with Crippen LogP contribution in [0.5, 0.6) is 0 Å². The Morgan fingerprint density at radius 2 is 2.14 bits per heavy atom. The topological polar surface area (TPSA) is 55.1 Å². The number of benzene rings is 1. The molecule has 0 heterocycles. The number of carbonyl (C=O) groups excluding carboxylic acids is 1. The number of amides is 1. The van der Waals surface area contributed by atoms with E-state index >= 15 is 0 Å². The summed E-state index contributed by atoms with van der Waals surface area (Å²) in [6.07, 6.45) is 3.12. The third-order valence-corrected chi connectivity index (χ3v) is 5.07. The summed E-state index contributed by atoms with van der Waals surface area (Å²) >= 11 is 1.63. The van der Waals surface area contributed by atoms with Crippen LogP contribution in [-0.2, 0) is 10.5 Å². The van der Waals surface area contributed by atoms with Crippen LogP contribution in [0.2, 0.25) is 0 Å². The van der Waals surface area contributed by atoms with Crippen LogP contribution >= 0.6 is 24.2 Å². The lowest BCUT2D eigenvalue weighted by atomic mass is 9.95. The van der Waals surface area contributed by atoms with Gasteiger partial charge in [0.15, 0.2) is 0 Å². The van der Waals surface area contributed by atoms with Gasteiger partial charge in [-0.15, -0.1) is 12.4 Å². The van der Waals surface area contributed by atoms with Gasteiger partial charge in [0.05, 0.1) is 0 Å². The van der Waals surface area contributed by atoms with Gasteiger partial charge in [-0.3, -0.25) is 4.79 Å². The number of nitrogens with two attached hydrogens (primary N) is 1. The maximum atomic E-state index is 13.4. The van der Waals surface area contributed by atoms with Gasteiger partial charge in [-0.05, 0) is 36.9 Å². The number of halogens is 2. The van der Waals surface area contributed by atoms with Crippen LogP contribution in [0.3, 0.4) is 0 Å². The van der Waals surface area contributed by atoms with E-state index in [9.17, 15) is 9.18 Å². The first-order chi connectivity index (χ1) is 10.2. The van der Waals surface area contributed by atoms with Gasteiger partial charge in [0.25, 0.3) is 0 Å². The minimum atomic E-state index is -0.161. The molecule has 1 aromatic rings. The van der Waals surface area contributed by atoms with E-state index < -0.39 is 0 Å². The van der Waals surface area contributed by atoms with Crippen molar-refractivity contribution in [1.29, 1.82) is 0 Å². The summed E-state index contributed by atoms with van der Waals surface area (Å²) in [5.74, 6) is 1.83. The maximum absolute atomic E-state index is 13.4. The molecule has 1 saturated carbocycles. The lowest BCUT2D eigenvalue weighted by molar-refractivity contribution is -0.125. The lowest BCUT2D eigenvalue weighted by Crippen LogP contribution is -2.36. The van der Waals surface area contributed by atoms with Crippen molar-refractivity contribution in [3.8, 4) is 0 Å². The van der Waals surface area contributed by atoms with Gasteiger partial charge < -0.3 is 11.1 Å². The van der Waals surface area contributed by atoms with E-state index in [2.05, 4.69) is 5.32 Å². The number of thioether (sulfide) groups is 1. The zero-order valence-corrected chi connectivity index (χ0v) is 14.2. The highest BCUT2D eigenvalue weighted by Gasteiger charge is 2.31. The van der Waals surface area contributed by atoms with Gasteiger partial charge in [0.1, 0.15) is 5.82 Å². The molecule has 0 aliphatic heterocycles. The van der Waals surface area contributed by atoms with E-state index in [0.29, 0.717) is 30.3 Å². The lowest BCUT2D eigenvalue weighted by Gasteiger charge is -2.17. The summed E-state index contributed by atoms with van der Waals surface area (Å²) in [4.78, 5) is 12.1. The van der Waals surface area contributed by atoms with Gasteiger partial charge >= 0.3 is 0 Å². The molecule has 0 unspecified atom stereocenters. The Hall–Kier alpha value is -0.780. The van der Waals surface area contributed by atoms with Crippen molar-refractivity contribution in [2.45, 2.75) is 25.0 Å². The van der Waals surface area contributed by atoms with E-state index in [1.807, 2.05) is 6.07 Å². The molecule has 3 N–H and O–H groups in total. The summed E-state index contributed by atoms with van der Waals surface area (Å²) < 4.78 is 13.4. The second-order valence-corrected chi connectivity index (χ2v) is 6.57. The average Bonchev–Trinajstić information content (AvgIpc) is 2.97.